The molecule has 0 aromatic heterocycles. The van der Waals surface area contributed by atoms with Crippen LogP contribution in [0.3, 0.4) is 0 Å². The third-order valence-electron chi connectivity index (χ3n) is 1.99. The van der Waals surface area contributed by atoms with Gasteiger partial charge in [0.15, 0.2) is 0 Å². The zero-order valence-electron chi connectivity index (χ0n) is 7.14. The Balaban J connectivity index is 0.000001000. The van der Waals surface area contributed by atoms with Crippen LogP contribution in [-0.4, -0.2) is 26.3 Å². The molecule has 0 aliphatic carbocycles. The van der Waals surface area contributed by atoms with Crippen molar-refractivity contribution in [3.63, 3.8) is 0 Å². The van der Waals surface area contributed by atoms with Crippen molar-refractivity contribution in [3.05, 3.63) is 0 Å². The van der Waals surface area contributed by atoms with Crippen LogP contribution < -0.4 is 5.32 Å². The summed E-state index contributed by atoms with van der Waals surface area (Å²) in [6.45, 7) is 2.07. The molecular formula is C8H18ClNO. The van der Waals surface area contributed by atoms with E-state index in [-0.39, 0.29) is 12.4 Å². The maximum Gasteiger partial charge on any atom is 0.0587 e. The molecule has 1 heterocycles. The van der Waals surface area contributed by atoms with E-state index in [9.17, 15) is 0 Å². The Morgan fingerprint density at radius 2 is 2.27 bits per heavy atom. The van der Waals surface area contributed by atoms with E-state index in [0.717, 1.165) is 13.2 Å². The Bertz CT molecular complexity index is 84.2. The zero-order valence-corrected chi connectivity index (χ0v) is 7.95. The van der Waals surface area contributed by atoms with Crippen molar-refractivity contribution in [2.45, 2.75) is 31.8 Å². The smallest absolute Gasteiger partial charge is 0.0587 e. The molecule has 1 aliphatic rings. The van der Waals surface area contributed by atoms with Crippen molar-refractivity contribution in [1.82, 2.24) is 5.32 Å². The number of nitrogens with one attached hydrogen (secondary N) is 1. The molecule has 0 saturated carbocycles. The van der Waals surface area contributed by atoms with Crippen LogP contribution in [-0.2, 0) is 4.74 Å². The van der Waals surface area contributed by atoms with Gasteiger partial charge in [-0.1, -0.05) is 0 Å². The molecule has 1 N–H and O–H groups in total. The normalized spacial score (nSPS) is 24.3. The van der Waals surface area contributed by atoms with Gasteiger partial charge in [0.25, 0.3) is 0 Å². The second-order valence-electron chi connectivity index (χ2n) is 2.88. The van der Waals surface area contributed by atoms with Gasteiger partial charge in [-0.3, -0.25) is 0 Å². The first kappa shape index (κ1) is 11.2. The molecule has 1 saturated heterocycles. The van der Waals surface area contributed by atoms with Crippen LogP contribution in [0.15, 0.2) is 0 Å². The van der Waals surface area contributed by atoms with Gasteiger partial charge in [-0.2, -0.15) is 0 Å². The van der Waals surface area contributed by atoms with Crippen LogP contribution in [0.4, 0.5) is 0 Å². The molecule has 0 radical (unpaired) electrons. The van der Waals surface area contributed by atoms with Gasteiger partial charge in [0.05, 0.1) is 6.10 Å². The topological polar surface area (TPSA) is 21.3 Å². The first-order chi connectivity index (χ1) is 4.93. The number of hydrogen-bond acceptors (Lipinski definition) is 2. The van der Waals surface area contributed by atoms with Gasteiger partial charge in [-0.05, 0) is 39.3 Å². The summed E-state index contributed by atoms with van der Waals surface area (Å²) in [7, 11) is 1.99. The minimum atomic E-state index is 0. The number of hydrogen-bond donors (Lipinski definition) is 1. The fourth-order valence-electron chi connectivity index (χ4n) is 1.34. The number of ether oxygens (including phenoxy) is 1. The third-order valence-corrected chi connectivity index (χ3v) is 1.99. The van der Waals surface area contributed by atoms with Crippen molar-refractivity contribution >= 4 is 12.4 Å². The molecule has 11 heavy (non-hydrogen) atoms. The van der Waals surface area contributed by atoms with Crippen LogP contribution in [0.1, 0.15) is 25.7 Å². The van der Waals surface area contributed by atoms with Crippen molar-refractivity contribution in [2.24, 2.45) is 0 Å². The first-order valence-electron chi connectivity index (χ1n) is 4.19. The maximum atomic E-state index is 5.54. The predicted molar refractivity (Wildman–Crippen MR) is 49.4 cm³/mol. The minimum Gasteiger partial charge on any atom is -0.378 e. The van der Waals surface area contributed by atoms with Gasteiger partial charge < -0.3 is 10.1 Å². The fourth-order valence-corrected chi connectivity index (χ4v) is 1.34. The largest absolute Gasteiger partial charge is 0.378 e. The Hall–Kier alpha value is 0.210. The Kier molecular flexibility index (Phi) is 7.02. The minimum absolute atomic E-state index is 0. The van der Waals surface area contributed by atoms with Gasteiger partial charge in [0.2, 0.25) is 0 Å². The van der Waals surface area contributed by atoms with E-state index in [4.69, 9.17) is 4.74 Å². The average Bonchev–Trinajstić information content (AvgIpc) is 2.03. The molecule has 1 atom stereocenters. The van der Waals surface area contributed by atoms with Crippen LogP contribution >= 0.6 is 12.4 Å². The van der Waals surface area contributed by atoms with Crippen LogP contribution in [0, 0.1) is 0 Å². The zero-order chi connectivity index (χ0) is 7.23. The van der Waals surface area contributed by atoms with E-state index in [1.165, 1.54) is 25.7 Å². The highest BCUT2D eigenvalue weighted by atomic mass is 35.5. The van der Waals surface area contributed by atoms with Crippen molar-refractivity contribution in [3.8, 4) is 0 Å². The molecule has 0 amide bonds. The average molecular weight is 180 g/mol. The molecule has 1 aliphatic heterocycles. The van der Waals surface area contributed by atoms with E-state index in [1.807, 2.05) is 7.05 Å². The van der Waals surface area contributed by atoms with Gasteiger partial charge >= 0.3 is 0 Å². The highest BCUT2D eigenvalue weighted by Gasteiger charge is 2.11. The summed E-state index contributed by atoms with van der Waals surface area (Å²) in [6, 6.07) is 0. The summed E-state index contributed by atoms with van der Waals surface area (Å²) in [5, 5.41) is 3.13. The molecule has 0 aromatic rings. The van der Waals surface area contributed by atoms with E-state index < -0.39 is 0 Å². The van der Waals surface area contributed by atoms with E-state index in [1.54, 1.807) is 0 Å². The molecule has 1 unspecified atom stereocenters. The van der Waals surface area contributed by atoms with Gasteiger partial charge in [0.1, 0.15) is 0 Å². The molecular weight excluding hydrogens is 162 g/mol. The summed E-state index contributed by atoms with van der Waals surface area (Å²) in [4.78, 5) is 0. The Morgan fingerprint density at radius 3 is 2.82 bits per heavy atom. The molecule has 3 heteroatoms. The summed E-state index contributed by atoms with van der Waals surface area (Å²) in [6.07, 6.45) is 5.60. The molecule has 0 bridgehead atoms. The summed E-state index contributed by atoms with van der Waals surface area (Å²) < 4.78 is 5.54. The second kappa shape index (κ2) is 6.89. The standard InChI is InChI=1S/C8H17NO.ClH/c1-9-6-5-8-4-2-3-7-10-8;/h8-9H,2-7H2,1H3;1H. The highest BCUT2D eigenvalue weighted by molar-refractivity contribution is 5.85. The van der Waals surface area contributed by atoms with E-state index in [2.05, 4.69) is 5.32 Å². The lowest BCUT2D eigenvalue weighted by molar-refractivity contribution is 0.0118. The molecule has 0 spiro atoms. The van der Waals surface area contributed by atoms with E-state index in [0.29, 0.717) is 6.10 Å². The molecule has 0 aromatic carbocycles. The van der Waals surface area contributed by atoms with Crippen molar-refractivity contribution in [2.75, 3.05) is 20.2 Å². The van der Waals surface area contributed by atoms with Gasteiger partial charge in [0, 0.05) is 6.61 Å². The van der Waals surface area contributed by atoms with Crippen LogP contribution in [0.5, 0.6) is 0 Å². The summed E-state index contributed by atoms with van der Waals surface area (Å²) in [5.41, 5.74) is 0. The van der Waals surface area contributed by atoms with Crippen molar-refractivity contribution < 1.29 is 4.74 Å². The number of rotatable bonds is 3. The highest BCUT2D eigenvalue weighted by Crippen LogP contribution is 2.14. The van der Waals surface area contributed by atoms with Gasteiger partial charge in [-0.25, -0.2) is 0 Å². The summed E-state index contributed by atoms with van der Waals surface area (Å²) >= 11 is 0. The quantitative estimate of drug-likeness (QED) is 0.711. The van der Waals surface area contributed by atoms with Crippen molar-refractivity contribution in [1.29, 1.82) is 0 Å². The van der Waals surface area contributed by atoms with Crippen LogP contribution in [0.25, 0.3) is 0 Å². The lowest BCUT2D eigenvalue weighted by atomic mass is 10.1. The monoisotopic (exact) mass is 179 g/mol. The number of halogens is 1. The molecule has 1 fully saturated rings. The van der Waals surface area contributed by atoms with E-state index >= 15 is 0 Å². The first-order valence-corrected chi connectivity index (χ1v) is 4.19. The SMILES string of the molecule is CNCCC1CCCCO1.Cl. The van der Waals surface area contributed by atoms with Gasteiger partial charge in [-0.15, -0.1) is 12.4 Å². The molecule has 68 valence electrons. The summed E-state index contributed by atoms with van der Waals surface area (Å²) in [5.74, 6) is 0. The maximum absolute atomic E-state index is 5.54. The fraction of sp³-hybridized carbons (Fsp3) is 1.00. The Labute approximate surface area is 75.1 Å². The van der Waals surface area contributed by atoms with Crippen LogP contribution in [0.2, 0.25) is 0 Å². The predicted octanol–water partition coefficient (Wildman–Crippen LogP) is 1.59. The Morgan fingerprint density at radius 1 is 1.45 bits per heavy atom. The molecule has 1 rings (SSSR count). The lowest BCUT2D eigenvalue weighted by Crippen LogP contribution is -2.23. The lowest BCUT2D eigenvalue weighted by Gasteiger charge is -2.22. The second-order valence-corrected chi connectivity index (χ2v) is 2.88. The molecule has 2 nitrogen and oxygen atoms in total. The third kappa shape index (κ3) is 4.62.